The first kappa shape index (κ1) is 12.8. The van der Waals surface area contributed by atoms with Crippen LogP contribution >= 0.6 is 0 Å². The van der Waals surface area contributed by atoms with Crippen molar-refractivity contribution in [2.45, 2.75) is 25.8 Å². The van der Waals surface area contributed by atoms with Gasteiger partial charge in [-0.1, -0.05) is 30.7 Å². The zero-order valence-corrected chi connectivity index (χ0v) is 10.5. The van der Waals surface area contributed by atoms with E-state index in [1.165, 1.54) is 30.9 Å². The van der Waals surface area contributed by atoms with E-state index in [2.05, 4.69) is 11.0 Å². The Morgan fingerprint density at radius 3 is 2.67 bits per heavy atom. The Kier molecular flexibility index (Phi) is 4.53. The SMILES string of the molecule is O=C(O)C=Cc1ccccc1CN1CCCCC1. The summed E-state index contributed by atoms with van der Waals surface area (Å²) in [6, 6.07) is 8.01. The van der Waals surface area contributed by atoms with Crippen molar-refractivity contribution in [1.82, 2.24) is 4.90 Å². The predicted molar refractivity (Wildman–Crippen MR) is 72.2 cm³/mol. The molecule has 1 heterocycles. The minimum Gasteiger partial charge on any atom is -0.478 e. The molecule has 1 aromatic rings. The smallest absolute Gasteiger partial charge is 0.328 e. The number of benzene rings is 1. The summed E-state index contributed by atoms with van der Waals surface area (Å²) in [5.74, 6) is -0.900. The van der Waals surface area contributed by atoms with Gasteiger partial charge in [0.1, 0.15) is 0 Å². The largest absolute Gasteiger partial charge is 0.478 e. The van der Waals surface area contributed by atoms with E-state index >= 15 is 0 Å². The summed E-state index contributed by atoms with van der Waals surface area (Å²) in [5, 5.41) is 8.69. The van der Waals surface area contributed by atoms with Crippen molar-refractivity contribution >= 4 is 12.0 Å². The molecule has 3 nitrogen and oxygen atoms in total. The zero-order chi connectivity index (χ0) is 12.8. The molecule has 0 radical (unpaired) electrons. The van der Waals surface area contributed by atoms with E-state index in [0.29, 0.717) is 0 Å². The zero-order valence-electron chi connectivity index (χ0n) is 10.5. The van der Waals surface area contributed by atoms with E-state index in [1.54, 1.807) is 6.08 Å². The standard InChI is InChI=1S/C15H19NO2/c17-15(18)9-8-13-6-2-3-7-14(13)12-16-10-4-1-5-11-16/h2-3,6-9H,1,4-5,10-12H2,(H,17,18). The van der Waals surface area contributed by atoms with Crippen LogP contribution in [-0.2, 0) is 11.3 Å². The molecule has 3 heteroatoms. The molecule has 1 saturated heterocycles. The average molecular weight is 245 g/mol. The Hall–Kier alpha value is -1.61. The number of carboxylic acids is 1. The summed E-state index contributed by atoms with van der Waals surface area (Å²) in [5.41, 5.74) is 2.21. The number of hydrogen-bond donors (Lipinski definition) is 1. The normalized spacial score (nSPS) is 17.1. The summed E-state index contributed by atoms with van der Waals surface area (Å²) < 4.78 is 0. The molecule has 2 rings (SSSR count). The van der Waals surface area contributed by atoms with Gasteiger partial charge in [-0.15, -0.1) is 0 Å². The number of aliphatic carboxylic acids is 1. The quantitative estimate of drug-likeness (QED) is 0.829. The van der Waals surface area contributed by atoms with Crippen LogP contribution in [0, 0.1) is 0 Å². The van der Waals surface area contributed by atoms with Crippen LogP contribution < -0.4 is 0 Å². The molecule has 0 aliphatic carbocycles. The second-order valence-corrected chi connectivity index (χ2v) is 4.71. The van der Waals surface area contributed by atoms with Crippen LogP contribution in [0.3, 0.4) is 0 Å². The Morgan fingerprint density at radius 1 is 1.22 bits per heavy atom. The molecule has 0 bridgehead atoms. The van der Waals surface area contributed by atoms with Crippen molar-refractivity contribution in [2.24, 2.45) is 0 Å². The van der Waals surface area contributed by atoms with Crippen LogP contribution in [0.4, 0.5) is 0 Å². The number of hydrogen-bond acceptors (Lipinski definition) is 2. The molecule has 0 atom stereocenters. The van der Waals surface area contributed by atoms with Gasteiger partial charge in [0.25, 0.3) is 0 Å². The molecule has 96 valence electrons. The molecule has 0 aromatic heterocycles. The first-order chi connectivity index (χ1) is 8.75. The number of nitrogens with zero attached hydrogens (tertiary/aromatic N) is 1. The Bertz CT molecular complexity index is 434. The highest BCUT2D eigenvalue weighted by Gasteiger charge is 2.11. The molecule has 1 aliphatic rings. The van der Waals surface area contributed by atoms with Crippen LogP contribution in [0.1, 0.15) is 30.4 Å². The molecule has 18 heavy (non-hydrogen) atoms. The maximum atomic E-state index is 10.6. The second-order valence-electron chi connectivity index (χ2n) is 4.71. The minimum atomic E-state index is -0.900. The van der Waals surface area contributed by atoms with E-state index in [1.807, 2.05) is 18.2 Å². The molecular formula is C15H19NO2. The monoisotopic (exact) mass is 245 g/mol. The van der Waals surface area contributed by atoms with Gasteiger partial charge in [0.05, 0.1) is 0 Å². The molecule has 1 fully saturated rings. The Morgan fingerprint density at radius 2 is 1.94 bits per heavy atom. The summed E-state index contributed by atoms with van der Waals surface area (Å²) in [6.07, 6.45) is 6.76. The van der Waals surface area contributed by atoms with Crippen LogP contribution in [-0.4, -0.2) is 29.1 Å². The van der Waals surface area contributed by atoms with Crippen LogP contribution in [0.2, 0.25) is 0 Å². The molecule has 0 spiro atoms. The van der Waals surface area contributed by atoms with Crippen molar-refractivity contribution in [3.8, 4) is 0 Å². The van der Waals surface area contributed by atoms with Gasteiger partial charge in [0, 0.05) is 12.6 Å². The van der Waals surface area contributed by atoms with Crippen LogP contribution in [0.5, 0.6) is 0 Å². The molecular weight excluding hydrogens is 226 g/mol. The van der Waals surface area contributed by atoms with Crippen molar-refractivity contribution in [3.05, 3.63) is 41.5 Å². The van der Waals surface area contributed by atoms with Gasteiger partial charge in [0.2, 0.25) is 0 Å². The van der Waals surface area contributed by atoms with E-state index in [4.69, 9.17) is 5.11 Å². The maximum absolute atomic E-state index is 10.6. The van der Waals surface area contributed by atoms with Gasteiger partial charge in [-0.3, -0.25) is 4.90 Å². The fourth-order valence-corrected chi connectivity index (χ4v) is 2.36. The second kappa shape index (κ2) is 6.36. The lowest BCUT2D eigenvalue weighted by atomic mass is 10.0. The van der Waals surface area contributed by atoms with Crippen LogP contribution in [0.15, 0.2) is 30.3 Å². The molecule has 1 aromatic carbocycles. The van der Waals surface area contributed by atoms with E-state index in [0.717, 1.165) is 25.2 Å². The average Bonchev–Trinajstić information content (AvgIpc) is 2.39. The summed E-state index contributed by atoms with van der Waals surface area (Å²) in [7, 11) is 0. The third-order valence-electron chi connectivity index (χ3n) is 3.30. The van der Waals surface area contributed by atoms with E-state index in [-0.39, 0.29) is 0 Å². The highest BCUT2D eigenvalue weighted by atomic mass is 16.4. The van der Waals surface area contributed by atoms with Crippen molar-refractivity contribution in [1.29, 1.82) is 0 Å². The van der Waals surface area contributed by atoms with Crippen molar-refractivity contribution in [3.63, 3.8) is 0 Å². The summed E-state index contributed by atoms with van der Waals surface area (Å²) in [6.45, 7) is 3.22. The van der Waals surface area contributed by atoms with Gasteiger partial charge >= 0.3 is 5.97 Å². The number of rotatable bonds is 4. The minimum absolute atomic E-state index is 0.900. The lowest BCUT2D eigenvalue weighted by molar-refractivity contribution is -0.131. The summed E-state index contributed by atoms with van der Waals surface area (Å²) >= 11 is 0. The first-order valence-electron chi connectivity index (χ1n) is 6.47. The fourth-order valence-electron chi connectivity index (χ4n) is 2.36. The van der Waals surface area contributed by atoms with Gasteiger partial charge in [-0.05, 0) is 43.1 Å². The number of piperidine rings is 1. The topological polar surface area (TPSA) is 40.5 Å². The third kappa shape index (κ3) is 3.70. The highest BCUT2D eigenvalue weighted by Crippen LogP contribution is 2.17. The molecule has 0 saturated carbocycles. The highest BCUT2D eigenvalue weighted by molar-refractivity contribution is 5.85. The van der Waals surface area contributed by atoms with Gasteiger partial charge in [-0.2, -0.15) is 0 Å². The molecule has 1 N–H and O–H groups in total. The number of carboxylic acid groups (broad SMARTS) is 1. The first-order valence-corrected chi connectivity index (χ1v) is 6.47. The molecule has 0 amide bonds. The lowest BCUT2D eigenvalue weighted by Crippen LogP contribution is -2.29. The summed E-state index contributed by atoms with van der Waals surface area (Å²) in [4.78, 5) is 13.0. The Labute approximate surface area is 108 Å². The van der Waals surface area contributed by atoms with Gasteiger partial charge in [0.15, 0.2) is 0 Å². The maximum Gasteiger partial charge on any atom is 0.328 e. The predicted octanol–water partition coefficient (Wildman–Crippen LogP) is 2.77. The number of carbonyl (C=O) groups is 1. The number of likely N-dealkylation sites (tertiary alicyclic amines) is 1. The molecule has 1 aliphatic heterocycles. The van der Waals surface area contributed by atoms with Crippen molar-refractivity contribution in [2.75, 3.05) is 13.1 Å². The van der Waals surface area contributed by atoms with Crippen molar-refractivity contribution < 1.29 is 9.90 Å². The van der Waals surface area contributed by atoms with E-state index < -0.39 is 5.97 Å². The molecule has 0 unspecified atom stereocenters. The third-order valence-corrected chi connectivity index (χ3v) is 3.30. The fraction of sp³-hybridized carbons (Fsp3) is 0.400. The van der Waals surface area contributed by atoms with Gasteiger partial charge < -0.3 is 5.11 Å². The lowest BCUT2D eigenvalue weighted by Gasteiger charge is -2.27. The van der Waals surface area contributed by atoms with Crippen LogP contribution in [0.25, 0.3) is 6.08 Å². The Balaban J connectivity index is 2.08. The van der Waals surface area contributed by atoms with Gasteiger partial charge in [-0.25, -0.2) is 4.79 Å². The van der Waals surface area contributed by atoms with E-state index in [9.17, 15) is 4.79 Å².